The predicted molar refractivity (Wildman–Crippen MR) is 113 cm³/mol. The zero-order chi connectivity index (χ0) is 24.3. The van der Waals surface area contributed by atoms with E-state index in [1.54, 1.807) is 14.1 Å². The van der Waals surface area contributed by atoms with Crippen LogP contribution in [-0.2, 0) is 34.2 Å². The van der Waals surface area contributed by atoms with E-state index in [1.165, 1.54) is 22.9 Å². The molecule has 15 heteroatoms. The number of hydrogen-bond donors (Lipinski definition) is 1. The Balaban J connectivity index is 1.94. The van der Waals surface area contributed by atoms with Crippen LogP contribution in [0.5, 0.6) is 0 Å². The highest BCUT2D eigenvalue weighted by atomic mass is 32.2. The second-order valence-corrected chi connectivity index (χ2v) is 11.3. The van der Waals surface area contributed by atoms with Gasteiger partial charge in [0.05, 0.1) is 21.3 Å². The molecule has 0 spiro atoms. The maximum absolute atomic E-state index is 12.4. The number of hydrogen-bond acceptors (Lipinski definition) is 10. The monoisotopic (exact) mass is 492 g/mol. The van der Waals surface area contributed by atoms with Gasteiger partial charge in [-0.25, -0.2) is 16.8 Å². The summed E-state index contributed by atoms with van der Waals surface area (Å²) in [6, 6.07) is 2.79. The number of nitrogens with one attached hydrogen (secondary N) is 1. The van der Waals surface area contributed by atoms with Gasteiger partial charge in [-0.15, -0.1) is 0 Å². The molecule has 0 saturated carbocycles. The molecule has 178 valence electrons. The smallest absolute Gasteiger partial charge is 0.321 e. The van der Waals surface area contributed by atoms with Gasteiger partial charge in [-0.2, -0.15) is 4.72 Å². The van der Waals surface area contributed by atoms with Crippen molar-refractivity contribution in [3.8, 4) is 0 Å². The number of amides is 1. The van der Waals surface area contributed by atoms with E-state index in [2.05, 4.69) is 0 Å². The normalized spacial score (nSPS) is 17.5. The van der Waals surface area contributed by atoms with Crippen molar-refractivity contribution in [2.45, 2.75) is 17.4 Å². The summed E-state index contributed by atoms with van der Waals surface area (Å²) in [6.07, 6.45) is 0.289. The van der Waals surface area contributed by atoms with Crippen molar-refractivity contribution in [2.24, 2.45) is 0 Å². The first kappa shape index (κ1) is 25.5. The summed E-state index contributed by atoms with van der Waals surface area (Å²) in [6.45, 7) is -1.49. The summed E-state index contributed by atoms with van der Waals surface area (Å²) >= 11 is 0. The molecule has 0 aromatic heterocycles. The molecule has 1 aliphatic rings. The Labute approximate surface area is 185 Å². The first-order valence-corrected chi connectivity index (χ1v) is 12.6. The van der Waals surface area contributed by atoms with E-state index in [1.807, 2.05) is 4.72 Å². The third-order valence-corrected chi connectivity index (χ3v) is 8.00. The molecule has 1 aromatic carbocycles. The predicted octanol–water partition coefficient (Wildman–Crippen LogP) is -0.872. The van der Waals surface area contributed by atoms with Crippen LogP contribution in [0, 0.1) is 10.1 Å². The molecule has 0 bridgehead atoms. The van der Waals surface area contributed by atoms with Gasteiger partial charge in [0.25, 0.3) is 11.6 Å². The van der Waals surface area contributed by atoms with Crippen LogP contribution in [0.1, 0.15) is 6.42 Å². The molecule has 1 saturated heterocycles. The van der Waals surface area contributed by atoms with Gasteiger partial charge < -0.3 is 14.5 Å². The molecule has 32 heavy (non-hydrogen) atoms. The molecular weight excluding hydrogens is 468 g/mol. The van der Waals surface area contributed by atoms with Gasteiger partial charge in [-0.05, 0) is 18.6 Å². The van der Waals surface area contributed by atoms with E-state index in [-0.39, 0.29) is 23.6 Å². The second-order valence-electron chi connectivity index (χ2n) is 7.35. The topological polar surface area (TPSA) is 173 Å². The van der Waals surface area contributed by atoms with Gasteiger partial charge in [-0.1, -0.05) is 0 Å². The minimum absolute atomic E-state index is 0.0233. The van der Waals surface area contributed by atoms with Crippen LogP contribution in [0.3, 0.4) is 0 Å². The van der Waals surface area contributed by atoms with Gasteiger partial charge in [0.15, 0.2) is 16.4 Å². The molecule has 1 atom stereocenters. The zero-order valence-corrected chi connectivity index (χ0v) is 19.3. The molecule has 13 nitrogen and oxygen atoms in total. The number of nitro groups is 1. The fourth-order valence-corrected chi connectivity index (χ4v) is 5.77. The SMILES string of the molecule is CN(C)c1ccc(S(=O)(=O)NCC(=O)OCC(=O)N(C)C2CCS(=O)(=O)C2)cc1[N+](=O)[O-]. The van der Waals surface area contributed by atoms with Crippen molar-refractivity contribution in [2.75, 3.05) is 50.7 Å². The van der Waals surface area contributed by atoms with Gasteiger partial charge in [0.2, 0.25) is 10.0 Å². The number of ether oxygens (including phenoxy) is 1. The van der Waals surface area contributed by atoms with Crippen LogP contribution in [0.15, 0.2) is 23.1 Å². The Kier molecular flexibility index (Phi) is 7.79. The van der Waals surface area contributed by atoms with E-state index in [0.717, 1.165) is 12.1 Å². The Hall–Kier alpha value is -2.78. The standard InChI is InChI=1S/C17H24N4O9S2/c1-19(2)14-5-4-13(8-15(14)21(24)25)32(28,29)18-9-17(23)30-10-16(22)20(3)12-6-7-31(26,27)11-12/h4-5,8,12,18H,6-7,9-11H2,1-3H3. The molecule has 1 aliphatic heterocycles. The average molecular weight is 493 g/mol. The lowest BCUT2D eigenvalue weighted by molar-refractivity contribution is -0.384. The summed E-state index contributed by atoms with van der Waals surface area (Å²) in [4.78, 5) is 36.7. The third kappa shape index (κ3) is 6.37. The summed E-state index contributed by atoms with van der Waals surface area (Å²) in [5, 5.41) is 11.2. The maximum atomic E-state index is 12.4. The fraction of sp³-hybridized carbons (Fsp3) is 0.529. The van der Waals surface area contributed by atoms with Crippen LogP contribution < -0.4 is 9.62 Å². The van der Waals surface area contributed by atoms with Crippen molar-refractivity contribution >= 4 is 43.1 Å². The van der Waals surface area contributed by atoms with Crippen molar-refractivity contribution < 1.29 is 36.1 Å². The number of sulfonamides is 1. The fourth-order valence-electron chi connectivity index (χ4n) is 3.01. The molecule has 1 N–H and O–H groups in total. The van der Waals surface area contributed by atoms with E-state index in [0.29, 0.717) is 0 Å². The number of likely N-dealkylation sites (N-methyl/N-ethyl adjacent to an activating group) is 1. The Morgan fingerprint density at radius 2 is 1.94 bits per heavy atom. The summed E-state index contributed by atoms with van der Waals surface area (Å²) in [5.74, 6) is -1.86. The Morgan fingerprint density at radius 3 is 2.47 bits per heavy atom. The van der Waals surface area contributed by atoms with E-state index >= 15 is 0 Å². The van der Waals surface area contributed by atoms with Crippen LogP contribution in [-0.4, -0.2) is 90.4 Å². The van der Waals surface area contributed by atoms with Crippen molar-refractivity contribution in [1.29, 1.82) is 0 Å². The van der Waals surface area contributed by atoms with Crippen LogP contribution in [0.4, 0.5) is 11.4 Å². The summed E-state index contributed by atoms with van der Waals surface area (Å²) in [7, 11) is -2.94. The van der Waals surface area contributed by atoms with Gasteiger partial charge in [-0.3, -0.25) is 19.7 Å². The number of nitro benzene ring substituents is 1. The molecule has 1 unspecified atom stereocenters. The lowest BCUT2D eigenvalue weighted by atomic mass is 10.2. The minimum atomic E-state index is -4.27. The number of nitrogens with zero attached hydrogens (tertiary/aromatic N) is 3. The van der Waals surface area contributed by atoms with Crippen LogP contribution in [0.25, 0.3) is 0 Å². The third-order valence-electron chi connectivity index (χ3n) is 4.85. The number of rotatable bonds is 9. The van der Waals surface area contributed by atoms with Crippen LogP contribution in [0.2, 0.25) is 0 Å². The second kappa shape index (κ2) is 9.79. The molecule has 1 fully saturated rings. The van der Waals surface area contributed by atoms with E-state index in [4.69, 9.17) is 4.74 Å². The zero-order valence-electron chi connectivity index (χ0n) is 17.7. The van der Waals surface area contributed by atoms with Crippen molar-refractivity contribution in [3.63, 3.8) is 0 Å². The lowest BCUT2D eigenvalue weighted by Crippen LogP contribution is -2.41. The summed E-state index contributed by atoms with van der Waals surface area (Å²) in [5.41, 5.74) is -0.228. The molecular formula is C17H24N4O9S2. The lowest BCUT2D eigenvalue weighted by Gasteiger charge is -2.23. The molecule has 0 aliphatic carbocycles. The van der Waals surface area contributed by atoms with E-state index < -0.39 is 66.4 Å². The average Bonchev–Trinajstić information content (AvgIpc) is 3.08. The van der Waals surface area contributed by atoms with Crippen molar-refractivity contribution in [3.05, 3.63) is 28.3 Å². The number of carbonyl (C=O) groups excluding carboxylic acids is 2. The quantitative estimate of drug-likeness (QED) is 0.259. The number of anilines is 1. The number of esters is 1. The highest BCUT2D eigenvalue weighted by molar-refractivity contribution is 7.91. The summed E-state index contributed by atoms with van der Waals surface area (Å²) < 4.78 is 54.5. The molecule has 1 amide bonds. The Bertz CT molecular complexity index is 1120. The number of benzene rings is 1. The number of carbonyl (C=O) groups is 2. The number of sulfone groups is 1. The van der Waals surface area contributed by atoms with Gasteiger partial charge in [0, 0.05) is 33.3 Å². The minimum Gasteiger partial charge on any atom is -0.455 e. The Morgan fingerprint density at radius 1 is 1.28 bits per heavy atom. The largest absolute Gasteiger partial charge is 0.455 e. The van der Waals surface area contributed by atoms with Gasteiger partial charge in [0.1, 0.15) is 12.2 Å². The first-order chi connectivity index (χ1) is 14.7. The first-order valence-electron chi connectivity index (χ1n) is 9.30. The van der Waals surface area contributed by atoms with Crippen molar-refractivity contribution in [1.82, 2.24) is 9.62 Å². The molecule has 1 aromatic rings. The highest BCUT2D eigenvalue weighted by Gasteiger charge is 2.33. The molecule has 1 heterocycles. The van der Waals surface area contributed by atoms with Gasteiger partial charge >= 0.3 is 5.97 Å². The highest BCUT2D eigenvalue weighted by Crippen LogP contribution is 2.29. The molecule has 0 radical (unpaired) electrons. The molecule has 2 rings (SSSR count). The van der Waals surface area contributed by atoms with E-state index in [9.17, 15) is 36.5 Å². The maximum Gasteiger partial charge on any atom is 0.321 e. The van der Waals surface area contributed by atoms with Crippen LogP contribution >= 0.6 is 0 Å².